The maximum absolute atomic E-state index is 12.1. The largest absolute Gasteiger partial charge is 0.335 e. The normalized spacial score (nSPS) is 18.0. The maximum atomic E-state index is 12.1. The smallest absolute Gasteiger partial charge is 0.219 e. The Labute approximate surface area is 182 Å². The summed E-state index contributed by atoms with van der Waals surface area (Å²) in [6.45, 7) is 4.94. The fraction of sp³-hybridized carbons (Fsp3) is 0.400. The average Bonchev–Trinajstić information content (AvgIpc) is 3.59. The third-order valence-electron chi connectivity index (χ3n) is 6.87. The molecule has 0 unspecified atom stereocenters. The molecule has 6 nitrogen and oxygen atoms in total. The fourth-order valence-corrected chi connectivity index (χ4v) is 5.06. The van der Waals surface area contributed by atoms with Crippen molar-refractivity contribution in [3.63, 3.8) is 0 Å². The summed E-state index contributed by atoms with van der Waals surface area (Å²) in [6, 6.07) is 10.9. The van der Waals surface area contributed by atoms with Gasteiger partial charge in [-0.25, -0.2) is 4.98 Å². The van der Waals surface area contributed by atoms with Crippen LogP contribution < -0.4 is 4.90 Å². The first kappa shape index (κ1) is 18.6. The molecule has 0 bridgehead atoms. The third-order valence-corrected chi connectivity index (χ3v) is 6.87. The number of fused-ring (bicyclic) bond motifs is 2. The molecule has 1 aliphatic carbocycles. The average molecular weight is 414 g/mol. The molecule has 4 heterocycles. The summed E-state index contributed by atoms with van der Waals surface area (Å²) in [4.78, 5) is 25.8. The highest BCUT2D eigenvalue weighted by molar-refractivity contribution is 5.75. The van der Waals surface area contributed by atoms with Gasteiger partial charge in [-0.2, -0.15) is 0 Å². The number of hydrogen-bond donors (Lipinski definition) is 0. The van der Waals surface area contributed by atoms with Crippen LogP contribution in [0, 0.1) is 0 Å². The molecule has 1 aromatic carbocycles. The molecule has 2 aliphatic heterocycles. The first-order chi connectivity index (χ1) is 15.2. The second-order valence-corrected chi connectivity index (χ2v) is 8.94. The lowest BCUT2D eigenvalue weighted by atomic mass is 9.96. The molecule has 1 amide bonds. The van der Waals surface area contributed by atoms with Crippen LogP contribution >= 0.6 is 0 Å². The number of pyridine rings is 1. The minimum absolute atomic E-state index is 0.146. The second kappa shape index (κ2) is 7.22. The summed E-state index contributed by atoms with van der Waals surface area (Å²) in [5.74, 6) is 3.03. The predicted octanol–water partition coefficient (Wildman–Crippen LogP) is 4.27. The van der Waals surface area contributed by atoms with Gasteiger partial charge < -0.3 is 14.4 Å². The van der Waals surface area contributed by atoms with Crippen molar-refractivity contribution in [3.05, 3.63) is 59.8 Å². The van der Waals surface area contributed by atoms with Crippen LogP contribution in [0.3, 0.4) is 0 Å². The van der Waals surface area contributed by atoms with Crippen LogP contribution in [0.5, 0.6) is 0 Å². The Kier molecular flexibility index (Phi) is 4.33. The molecule has 3 aromatic rings. The monoisotopic (exact) mass is 413 g/mol. The summed E-state index contributed by atoms with van der Waals surface area (Å²) in [5.41, 5.74) is 6.26. The SMILES string of the molecule is CC(=O)N1CCn2c(C3CC3)nc(N3CCCc4cc(-c5ccncc5)ccc43)c2C1. The molecule has 31 heavy (non-hydrogen) atoms. The number of imidazole rings is 1. The number of rotatable bonds is 3. The van der Waals surface area contributed by atoms with Gasteiger partial charge in [0.2, 0.25) is 5.91 Å². The number of carbonyl (C=O) groups excluding carboxylic acids is 1. The molecule has 0 N–H and O–H groups in total. The van der Waals surface area contributed by atoms with E-state index in [1.807, 2.05) is 17.3 Å². The van der Waals surface area contributed by atoms with Crippen LogP contribution in [-0.4, -0.2) is 38.4 Å². The molecule has 0 atom stereocenters. The van der Waals surface area contributed by atoms with Crippen molar-refractivity contribution >= 4 is 17.4 Å². The molecular weight excluding hydrogens is 386 g/mol. The Morgan fingerprint density at radius 3 is 2.65 bits per heavy atom. The van der Waals surface area contributed by atoms with Crippen LogP contribution in [0.2, 0.25) is 0 Å². The molecule has 6 heteroatoms. The Morgan fingerprint density at radius 2 is 1.87 bits per heavy atom. The molecule has 1 fully saturated rings. The van der Waals surface area contributed by atoms with E-state index in [1.54, 1.807) is 6.92 Å². The minimum Gasteiger partial charge on any atom is -0.335 e. The molecule has 1 saturated carbocycles. The fourth-order valence-electron chi connectivity index (χ4n) is 5.06. The van der Waals surface area contributed by atoms with Gasteiger partial charge in [0, 0.05) is 50.6 Å². The van der Waals surface area contributed by atoms with Crippen LogP contribution in [-0.2, 0) is 24.3 Å². The molecule has 0 saturated heterocycles. The maximum Gasteiger partial charge on any atom is 0.219 e. The van der Waals surface area contributed by atoms with Gasteiger partial charge in [-0.3, -0.25) is 9.78 Å². The van der Waals surface area contributed by atoms with Gasteiger partial charge in [0.1, 0.15) is 5.82 Å². The number of amides is 1. The molecular formula is C25H27N5O. The Hall–Kier alpha value is -3.15. The molecule has 2 aromatic heterocycles. The lowest BCUT2D eigenvalue weighted by molar-refractivity contribution is -0.130. The zero-order chi connectivity index (χ0) is 20.9. The van der Waals surface area contributed by atoms with Crippen LogP contribution in [0.25, 0.3) is 11.1 Å². The number of carbonyl (C=O) groups is 1. The van der Waals surface area contributed by atoms with Gasteiger partial charge in [0.05, 0.1) is 12.2 Å². The number of aromatic nitrogens is 3. The lowest BCUT2D eigenvalue weighted by Crippen LogP contribution is -2.38. The molecule has 3 aliphatic rings. The summed E-state index contributed by atoms with van der Waals surface area (Å²) < 4.78 is 2.41. The van der Waals surface area contributed by atoms with E-state index in [0.717, 1.165) is 38.3 Å². The zero-order valence-electron chi connectivity index (χ0n) is 17.9. The van der Waals surface area contributed by atoms with E-state index in [-0.39, 0.29) is 5.91 Å². The first-order valence-corrected chi connectivity index (χ1v) is 11.3. The standard InChI is InChI=1S/C25H27N5O/c1-17(31)28-13-14-30-23(16-28)25(27-24(30)19-4-5-19)29-12-2-3-21-15-20(6-7-22(21)29)18-8-10-26-11-9-18/h6-11,15,19H,2-5,12-14,16H2,1H3. The van der Waals surface area contributed by atoms with Crippen LogP contribution in [0.1, 0.15) is 49.2 Å². The highest BCUT2D eigenvalue weighted by atomic mass is 16.2. The van der Waals surface area contributed by atoms with E-state index in [4.69, 9.17) is 4.98 Å². The van der Waals surface area contributed by atoms with Gasteiger partial charge in [-0.05, 0) is 66.6 Å². The van der Waals surface area contributed by atoms with Crippen molar-refractivity contribution in [2.24, 2.45) is 0 Å². The van der Waals surface area contributed by atoms with Crippen LogP contribution in [0.15, 0.2) is 42.7 Å². The van der Waals surface area contributed by atoms with Crippen molar-refractivity contribution in [2.75, 3.05) is 18.0 Å². The summed E-state index contributed by atoms with van der Waals surface area (Å²) in [5, 5.41) is 0. The number of aryl methyl sites for hydroxylation is 1. The van der Waals surface area contributed by atoms with Crippen molar-refractivity contribution in [1.82, 2.24) is 19.4 Å². The Morgan fingerprint density at radius 1 is 1.03 bits per heavy atom. The molecule has 0 spiro atoms. The summed E-state index contributed by atoms with van der Waals surface area (Å²) in [6.07, 6.45) is 8.35. The van der Waals surface area contributed by atoms with E-state index in [1.165, 1.54) is 46.7 Å². The third kappa shape index (κ3) is 3.21. The topological polar surface area (TPSA) is 54.3 Å². The summed E-state index contributed by atoms with van der Waals surface area (Å²) >= 11 is 0. The van der Waals surface area contributed by atoms with E-state index in [2.05, 4.69) is 44.8 Å². The van der Waals surface area contributed by atoms with Crippen molar-refractivity contribution < 1.29 is 4.79 Å². The number of nitrogens with zero attached hydrogens (tertiary/aromatic N) is 5. The number of anilines is 2. The van der Waals surface area contributed by atoms with Gasteiger partial charge in [0.15, 0.2) is 5.82 Å². The van der Waals surface area contributed by atoms with Gasteiger partial charge in [-0.1, -0.05) is 6.07 Å². The number of benzene rings is 1. The zero-order valence-corrected chi connectivity index (χ0v) is 17.9. The van der Waals surface area contributed by atoms with Crippen molar-refractivity contribution in [1.29, 1.82) is 0 Å². The Bertz CT molecular complexity index is 1150. The minimum atomic E-state index is 0.146. The van der Waals surface area contributed by atoms with E-state index in [0.29, 0.717) is 12.5 Å². The Balaban J connectivity index is 1.42. The van der Waals surface area contributed by atoms with Crippen LogP contribution in [0.4, 0.5) is 11.5 Å². The van der Waals surface area contributed by atoms with E-state index >= 15 is 0 Å². The summed E-state index contributed by atoms with van der Waals surface area (Å²) in [7, 11) is 0. The molecule has 158 valence electrons. The van der Waals surface area contributed by atoms with Gasteiger partial charge >= 0.3 is 0 Å². The van der Waals surface area contributed by atoms with Crippen molar-refractivity contribution in [3.8, 4) is 11.1 Å². The van der Waals surface area contributed by atoms with Gasteiger partial charge in [0.25, 0.3) is 0 Å². The van der Waals surface area contributed by atoms with Gasteiger partial charge in [-0.15, -0.1) is 0 Å². The van der Waals surface area contributed by atoms with E-state index < -0.39 is 0 Å². The highest BCUT2D eigenvalue weighted by Gasteiger charge is 2.36. The van der Waals surface area contributed by atoms with E-state index in [9.17, 15) is 4.79 Å². The second-order valence-electron chi connectivity index (χ2n) is 8.94. The van der Waals surface area contributed by atoms with Crippen molar-refractivity contribution in [2.45, 2.75) is 51.6 Å². The number of hydrogen-bond acceptors (Lipinski definition) is 4. The quantitative estimate of drug-likeness (QED) is 0.644. The highest BCUT2D eigenvalue weighted by Crippen LogP contribution is 2.44. The lowest BCUT2D eigenvalue weighted by Gasteiger charge is -2.33. The molecule has 6 rings (SSSR count). The molecule has 0 radical (unpaired) electrons. The first-order valence-electron chi connectivity index (χ1n) is 11.3. The predicted molar refractivity (Wildman–Crippen MR) is 120 cm³/mol.